The first kappa shape index (κ1) is 16.7. The second-order valence-corrected chi connectivity index (χ2v) is 7.50. The minimum atomic E-state index is -0.147. The molecule has 0 bridgehead atoms. The number of Topliss-reactive ketones (excluding diaryl/α,β-unsaturated/α-hetero) is 1. The average Bonchev–Trinajstić information content (AvgIpc) is 2.12. The van der Waals surface area contributed by atoms with Crippen LogP contribution in [0.15, 0.2) is 0 Å². The van der Waals surface area contributed by atoms with Crippen LogP contribution in [-0.4, -0.2) is 5.78 Å². The Kier molecular flexibility index (Phi) is 7.04. The van der Waals surface area contributed by atoms with Crippen LogP contribution in [0.5, 0.6) is 0 Å². The maximum Gasteiger partial charge on any atom is 0.138 e. The fourth-order valence-electron chi connectivity index (χ4n) is 1.85. The maximum absolute atomic E-state index is 11.7. The Balaban J connectivity index is 3.39. The van der Waals surface area contributed by atoms with Gasteiger partial charge >= 0.3 is 0 Å². The highest BCUT2D eigenvalue weighted by molar-refractivity contribution is 5.83. The molecular formula is C16H32O. The van der Waals surface area contributed by atoms with Crippen LogP contribution < -0.4 is 0 Å². The Morgan fingerprint density at radius 1 is 0.765 bits per heavy atom. The number of hydrogen-bond donors (Lipinski definition) is 0. The molecule has 0 heterocycles. The van der Waals surface area contributed by atoms with Gasteiger partial charge in [-0.2, -0.15) is 0 Å². The van der Waals surface area contributed by atoms with Crippen molar-refractivity contribution in [3.63, 3.8) is 0 Å². The van der Waals surface area contributed by atoms with Gasteiger partial charge in [0, 0.05) is 11.8 Å². The summed E-state index contributed by atoms with van der Waals surface area (Å²) >= 11 is 0. The van der Waals surface area contributed by atoms with E-state index in [-0.39, 0.29) is 5.41 Å². The number of carbonyl (C=O) groups excluding carboxylic acids is 1. The molecule has 0 amide bonds. The lowest BCUT2D eigenvalue weighted by Crippen LogP contribution is -2.19. The highest BCUT2D eigenvalue weighted by Gasteiger charge is 2.19. The molecule has 0 N–H and O–H groups in total. The van der Waals surface area contributed by atoms with Gasteiger partial charge in [0.1, 0.15) is 5.78 Å². The normalized spacial score (nSPS) is 12.8. The van der Waals surface area contributed by atoms with Crippen molar-refractivity contribution in [3.05, 3.63) is 0 Å². The molecule has 0 aliphatic heterocycles. The van der Waals surface area contributed by atoms with Crippen molar-refractivity contribution in [3.8, 4) is 0 Å². The van der Waals surface area contributed by atoms with Gasteiger partial charge in [0.05, 0.1) is 0 Å². The van der Waals surface area contributed by atoms with Gasteiger partial charge in [-0.1, -0.05) is 67.2 Å². The van der Waals surface area contributed by atoms with Crippen molar-refractivity contribution in [1.29, 1.82) is 0 Å². The van der Waals surface area contributed by atoms with Gasteiger partial charge in [-0.05, 0) is 18.3 Å². The molecule has 0 aromatic carbocycles. The summed E-state index contributed by atoms with van der Waals surface area (Å²) in [5.41, 5.74) is 0.328. The predicted octanol–water partition coefficient (Wildman–Crippen LogP) is 5.38. The summed E-state index contributed by atoms with van der Waals surface area (Å²) in [6.45, 7) is 12.9. The number of hydrogen-bond acceptors (Lipinski definition) is 1. The van der Waals surface area contributed by atoms with Crippen LogP contribution in [0, 0.1) is 10.8 Å². The molecule has 0 atom stereocenters. The topological polar surface area (TPSA) is 17.1 Å². The molecule has 0 aliphatic rings. The van der Waals surface area contributed by atoms with Gasteiger partial charge in [0.15, 0.2) is 0 Å². The molecule has 0 saturated carbocycles. The quantitative estimate of drug-likeness (QED) is 0.546. The molecule has 0 fully saturated rings. The highest BCUT2D eigenvalue weighted by atomic mass is 16.1. The zero-order chi connectivity index (χ0) is 13.5. The molecule has 17 heavy (non-hydrogen) atoms. The molecular weight excluding hydrogens is 208 g/mol. The average molecular weight is 240 g/mol. The second kappa shape index (κ2) is 7.18. The number of rotatable bonds is 7. The first-order valence-corrected chi connectivity index (χ1v) is 7.16. The number of ketones is 1. The van der Waals surface area contributed by atoms with Crippen LogP contribution in [0.25, 0.3) is 0 Å². The van der Waals surface area contributed by atoms with Crippen molar-refractivity contribution in [2.75, 3.05) is 0 Å². The summed E-state index contributed by atoms with van der Waals surface area (Å²) in [5, 5.41) is 0. The van der Waals surface area contributed by atoms with Crippen molar-refractivity contribution >= 4 is 5.78 Å². The third-order valence-electron chi connectivity index (χ3n) is 3.17. The van der Waals surface area contributed by atoms with Crippen LogP contribution >= 0.6 is 0 Å². The molecule has 0 saturated heterocycles. The molecule has 0 aromatic heterocycles. The lowest BCUT2D eigenvalue weighted by molar-refractivity contribution is -0.126. The van der Waals surface area contributed by atoms with Crippen molar-refractivity contribution in [2.24, 2.45) is 10.8 Å². The monoisotopic (exact) mass is 240 g/mol. The van der Waals surface area contributed by atoms with E-state index in [1.807, 2.05) is 20.8 Å². The summed E-state index contributed by atoms with van der Waals surface area (Å²) in [5.74, 6) is 0.409. The van der Waals surface area contributed by atoms with Gasteiger partial charge in [0.2, 0.25) is 0 Å². The fraction of sp³-hybridized carbons (Fsp3) is 0.938. The van der Waals surface area contributed by atoms with Crippen LogP contribution in [0.1, 0.15) is 86.5 Å². The molecule has 0 aliphatic carbocycles. The summed E-state index contributed by atoms with van der Waals surface area (Å²) in [6.07, 6.45) is 8.31. The van der Waals surface area contributed by atoms with Gasteiger partial charge < -0.3 is 0 Å². The zero-order valence-corrected chi connectivity index (χ0v) is 12.9. The van der Waals surface area contributed by atoms with Crippen LogP contribution in [0.2, 0.25) is 0 Å². The molecule has 0 rings (SSSR count). The van der Waals surface area contributed by atoms with E-state index in [0.717, 1.165) is 12.8 Å². The minimum Gasteiger partial charge on any atom is -0.299 e. The van der Waals surface area contributed by atoms with Gasteiger partial charge in [-0.3, -0.25) is 4.79 Å². The molecule has 0 unspecified atom stereocenters. The van der Waals surface area contributed by atoms with Gasteiger partial charge in [0.25, 0.3) is 0 Å². The smallest absolute Gasteiger partial charge is 0.138 e. The summed E-state index contributed by atoms with van der Waals surface area (Å²) in [6, 6.07) is 0. The Hall–Kier alpha value is -0.330. The van der Waals surface area contributed by atoms with E-state index in [9.17, 15) is 4.79 Å². The Bertz CT molecular complexity index is 215. The third-order valence-corrected chi connectivity index (χ3v) is 3.17. The zero-order valence-electron chi connectivity index (χ0n) is 12.9. The standard InChI is InChI=1S/C16H32O/c1-15(2,3)13-11-9-7-8-10-12-14(17)16(4,5)6/h7-13H2,1-6H3. The van der Waals surface area contributed by atoms with E-state index in [1.165, 1.54) is 32.1 Å². The van der Waals surface area contributed by atoms with E-state index >= 15 is 0 Å². The van der Waals surface area contributed by atoms with E-state index in [4.69, 9.17) is 0 Å². The number of carbonyl (C=O) groups is 1. The number of unbranched alkanes of at least 4 members (excludes halogenated alkanes) is 4. The largest absolute Gasteiger partial charge is 0.299 e. The maximum atomic E-state index is 11.7. The van der Waals surface area contributed by atoms with Gasteiger partial charge in [-0.15, -0.1) is 0 Å². The van der Waals surface area contributed by atoms with E-state index in [1.54, 1.807) is 0 Å². The Labute approximate surface area is 108 Å². The Morgan fingerprint density at radius 2 is 1.24 bits per heavy atom. The molecule has 0 aromatic rings. The van der Waals surface area contributed by atoms with Gasteiger partial charge in [-0.25, -0.2) is 0 Å². The van der Waals surface area contributed by atoms with Crippen LogP contribution in [0.3, 0.4) is 0 Å². The van der Waals surface area contributed by atoms with Crippen LogP contribution in [-0.2, 0) is 4.79 Å². The summed E-state index contributed by atoms with van der Waals surface area (Å²) in [7, 11) is 0. The first-order valence-electron chi connectivity index (χ1n) is 7.16. The van der Waals surface area contributed by atoms with Crippen molar-refractivity contribution < 1.29 is 4.79 Å². The van der Waals surface area contributed by atoms with Crippen molar-refractivity contribution in [1.82, 2.24) is 0 Å². The molecule has 102 valence electrons. The first-order chi connectivity index (χ1) is 7.63. The lowest BCUT2D eigenvalue weighted by atomic mass is 9.87. The second-order valence-electron chi connectivity index (χ2n) is 7.50. The van der Waals surface area contributed by atoms with Crippen LogP contribution in [0.4, 0.5) is 0 Å². The molecule has 0 spiro atoms. The SMILES string of the molecule is CC(C)(C)CCCCCCCC(=O)C(C)(C)C. The highest BCUT2D eigenvalue weighted by Crippen LogP contribution is 2.23. The van der Waals surface area contributed by atoms with E-state index in [0.29, 0.717) is 11.2 Å². The lowest BCUT2D eigenvalue weighted by Gasteiger charge is -2.17. The predicted molar refractivity (Wildman–Crippen MR) is 76.2 cm³/mol. The molecule has 1 nitrogen and oxygen atoms in total. The fourth-order valence-corrected chi connectivity index (χ4v) is 1.85. The molecule has 0 radical (unpaired) electrons. The third kappa shape index (κ3) is 10.5. The Morgan fingerprint density at radius 3 is 1.71 bits per heavy atom. The van der Waals surface area contributed by atoms with Crippen molar-refractivity contribution in [2.45, 2.75) is 86.5 Å². The van der Waals surface area contributed by atoms with E-state index < -0.39 is 0 Å². The molecule has 1 heteroatoms. The minimum absolute atomic E-state index is 0.147. The summed E-state index contributed by atoms with van der Waals surface area (Å²) in [4.78, 5) is 11.7. The summed E-state index contributed by atoms with van der Waals surface area (Å²) < 4.78 is 0. The van der Waals surface area contributed by atoms with E-state index in [2.05, 4.69) is 20.8 Å².